The molecule has 132 valence electrons. The minimum atomic E-state index is 0. The summed E-state index contributed by atoms with van der Waals surface area (Å²) >= 11 is 7.72. The lowest BCUT2D eigenvalue weighted by Gasteiger charge is -2.23. The van der Waals surface area contributed by atoms with E-state index in [0.717, 1.165) is 35.8 Å². The number of halogens is 3. The van der Waals surface area contributed by atoms with Crippen LogP contribution in [0.3, 0.4) is 0 Å². The molecule has 0 aliphatic carbocycles. The molecule has 0 bridgehead atoms. The number of thiazole rings is 1. The van der Waals surface area contributed by atoms with Gasteiger partial charge in [-0.05, 0) is 19.0 Å². The van der Waals surface area contributed by atoms with E-state index in [0.29, 0.717) is 17.5 Å². The molecule has 1 atom stereocenters. The normalized spacial score (nSPS) is 16.2. The predicted octanol–water partition coefficient (Wildman–Crippen LogP) is 3.67. The largest absolute Gasteiger partial charge is 0.341 e. The number of carbonyl (C=O) groups excluding carboxylic acids is 1. The van der Waals surface area contributed by atoms with Crippen molar-refractivity contribution in [1.29, 1.82) is 0 Å². The van der Waals surface area contributed by atoms with E-state index >= 15 is 0 Å². The molecule has 0 spiro atoms. The van der Waals surface area contributed by atoms with E-state index < -0.39 is 0 Å². The Morgan fingerprint density at radius 1 is 1.42 bits per heavy atom. The number of aromatic nitrogens is 1. The summed E-state index contributed by atoms with van der Waals surface area (Å²) in [7, 11) is 1.88. The topological polar surface area (TPSA) is 45.2 Å². The van der Waals surface area contributed by atoms with Crippen molar-refractivity contribution >= 4 is 53.7 Å². The first-order valence-electron chi connectivity index (χ1n) is 7.31. The summed E-state index contributed by atoms with van der Waals surface area (Å²) in [6, 6.07) is 7.93. The molecule has 8 heteroatoms. The zero-order valence-corrected chi connectivity index (χ0v) is 16.4. The molecule has 0 radical (unpaired) electrons. The van der Waals surface area contributed by atoms with Crippen LogP contribution in [0.2, 0.25) is 5.02 Å². The maximum absolute atomic E-state index is 12.3. The SMILES string of the molecule is CN(C(=O)Cc1csc(-c2ccccc2Cl)n1)C1CCNC1.Cl.Cl. The zero-order chi connectivity index (χ0) is 15.5. The Hall–Kier alpha value is -0.850. The van der Waals surface area contributed by atoms with Crippen molar-refractivity contribution in [2.45, 2.75) is 18.9 Å². The van der Waals surface area contributed by atoms with Crippen LogP contribution in [0.4, 0.5) is 0 Å². The average molecular weight is 409 g/mol. The van der Waals surface area contributed by atoms with Crippen LogP contribution in [0.5, 0.6) is 0 Å². The number of carbonyl (C=O) groups is 1. The van der Waals surface area contributed by atoms with Gasteiger partial charge >= 0.3 is 0 Å². The number of amides is 1. The Labute approximate surface area is 163 Å². The molecule has 1 fully saturated rings. The summed E-state index contributed by atoms with van der Waals surface area (Å²) in [5.41, 5.74) is 1.73. The second-order valence-corrected chi connectivity index (χ2v) is 6.72. The van der Waals surface area contributed by atoms with Gasteiger partial charge in [0.15, 0.2) is 0 Å². The fraction of sp³-hybridized carbons (Fsp3) is 0.375. The van der Waals surface area contributed by atoms with Crippen molar-refractivity contribution in [3.8, 4) is 10.6 Å². The van der Waals surface area contributed by atoms with Crippen LogP contribution in [-0.2, 0) is 11.2 Å². The highest BCUT2D eigenvalue weighted by atomic mass is 35.5. The summed E-state index contributed by atoms with van der Waals surface area (Å²) < 4.78 is 0. The molecule has 24 heavy (non-hydrogen) atoms. The van der Waals surface area contributed by atoms with Gasteiger partial charge in [-0.15, -0.1) is 36.2 Å². The minimum absolute atomic E-state index is 0. The minimum Gasteiger partial charge on any atom is -0.341 e. The third-order valence-corrected chi connectivity index (χ3v) is 5.22. The van der Waals surface area contributed by atoms with Crippen LogP contribution in [0, 0.1) is 0 Å². The van der Waals surface area contributed by atoms with Gasteiger partial charge in [0.1, 0.15) is 5.01 Å². The molecule has 1 N–H and O–H groups in total. The Morgan fingerprint density at radius 3 is 2.83 bits per heavy atom. The van der Waals surface area contributed by atoms with E-state index in [1.54, 1.807) is 0 Å². The molecule has 1 aliphatic heterocycles. The third-order valence-electron chi connectivity index (χ3n) is 3.96. The van der Waals surface area contributed by atoms with Gasteiger partial charge in [-0.25, -0.2) is 4.98 Å². The second kappa shape index (κ2) is 9.59. The van der Waals surface area contributed by atoms with Gasteiger partial charge in [-0.3, -0.25) is 4.79 Å². The van der Waals surface area contributed by atoms with Crippen LogP contribution in [-0.4, -0.2) is 42.0 Å². The molecule has 1 aromatic carbocycles. The Bertz CT molecular complexity index is 674. The highest BCUT2D eigenvalue weighted by Gasteiger charge is 2.23. The maximum atomic E-state index is 12.3. The van der Waals surface area contributed by atoms with Crippen molar-refractivity contribution in [3.63, 3.8) is 0 Å². The smallest absolute Gasteiger partial charge is 0.228 e. The molecule has 4 nitrogen and oxygen atoms in total. The molecule has 3 rings (SSSR count). The Kier molecular flexibility index (Phi) is 8.46. The van der Waals surface area contributed by atoms with Crippen molar-refractivity contribution in [1.82, 2.24) is 15.2 Å². The predicted molar refractivity (Wildman–Crippen MR) is 105 cm³/mol. The number of nitrogens with zero attached hydrogens (tertiary/aromatic N) is 2. The standard InChI is InChI=1S/C16H18ClN3OS.2ClH/c1-20(12-6-7-18-9-12)15(21)8-11-10-22-16(19-11)13-4-2-3-5-14(13)17;;/h2-5,10,12,18H,6-9H2,1H3;2*1H. The Balaban J connectivity index is 0.00000144. The van der Waals surface area contributed by atoms with Crippen LogP contribution in [0.1, 0.15) is 12.1 Å². The molecule has 0 saturated carbocycles. The fourth-order valence-electron chi connectivity index (χ4n) is 2.60. The first-order chi connectivity index (χ1) is 10.6. The first-order valence-corrected chi connectivity index (χ1v) is 8.56. The van der Waals surface area contributed by atoms with E-state index in [4.69, 9.17) is 11.6 Å². The van der Waals surface area contributed by atoms with Gasteiger partial charge < -0.3 is 10.2 Å². The van der Waals surface area contributed by atoms with E-state index in [1.165, 1.54) is 11.3 Å². The fourth-order valence-corrected chi connectivity index (χ4v) is 3.74. The highest BCUT2D eigenvalue weighted by molar-refractivity contribution is 7.13. The molecular formula is C16H20Cl3N3OS. The molecule has 1 unspecified atom stereocenters. The summed E-state index contributed by atoms with van der Waals surface area (Å²) in [4.78, 5) is 18.8. The van der Waals surface area contributed by atoms with E-state index in [2.05, 4.69) is 10.3 Å². The first kappa shape index (κ1) is 21.2. The van der Waals surface area contributed by atoms with Gasteiger partial charge in [0.25, 0.3) is 0 Å². The number of likely N-dealkylation sites (N-methyl/N-ethyl adjacent to an activating group) is 1. The molecular weight excluding hydrogens is 389 g/mol. The number of benzene rings is 1. The highest BCUT2D eigenvalue weighted by Crippen LogP contribution is 2.30. The van der Waals surface area contributed by atoms with E-state index in [-0.39, 0.29) is 30.7 Å². The van der Waals surface area contributed by atoms with Gasteiger partial charge in [-0.1, -0.05) is 29.8 Å². The van der Waals surface area contributed by atoms with Crippen LogP contribution < -0.4 is 5.32 Å². The van der Waals surface area contributed by atoms with E-state index in [1.807, 2.05) is 41.6 Å². The monoisotopic (exact) mass is 407 g/mol. The third kappa shape index (κ3) is 4.83. The molecule has 2 heterocycles. The molecule has 1 aliphatic rings. The Morgan fingerprint density at radius 2 is 2.17 bits per heavy atom. The number of rotatable bonds is 4. The molecule has 1 aromatic heterocycles. The summed E-state index contributed by atoms with van der Waals surface area (Å²) in [5.74, 6) is 0.115. The van der Waals surface area contributed by atoms with Gasteiger partial charge in [0.2, 0.25) is 5.91 Å². The quantitative estimate of drug-likeness (QED) is 0.839. The van der Waals surface area contributed by atoms with Crippen molar-refractivity contribution in [3.05, 3.63) is 40.4 Å². The van der Waals surface area contributed by atoms with Crippen molar-refractivity contribution in [2.24, 2.45) is 0 Å². The average Bonchev–Trinajstić information content (AvgIpc) is 3.18. The zero-order valence-electron chi connectivity index (χ0n) is 13.2. The van der Waals surface area contributed by atoms with Crippen molar-refractivity contribution in [2.75, 3.05) is 20.1 Å². The van der Waals surface area contributed by atoms with Crippen LogP contribution in [0.25, 0.3) is 10.6 Å². The lowest BCUT2D eigenvalue weighted by atomic mass is 10.2. The number of nitrogens with one attached hydrogen (secondary N) is 1. The molecule has 1 amide bonds. The summed E-state index contributed by atoms with van der Waals surface area (Å²) in [6.07, 6.45) is 1.36. The summed E-state index contributed by atoms with van der Waals surface area (Å²) in [6.45, 7) is 1.86. The van der Waals surface area contributed by atoms with Gasteiger partial charge in [0.05, 0.1) is 17.1 Å². The van der Waals surface area contributed by atoms with Crippen molar-refractivity contribution < 1.29 is 4.79 Å². The van der Waals surface area contributed by atoms with Gasteiger partial charge in [0, 0.05) is 30.6 Å². The summed E-state index contributed by atoms with van der Waals surface area (Å²) in [5, 5.41) is 6.77. The lowest BCUT2D eigenvalue weighted by Crippen LogP contribution is -2.39. The van der Waals surface area contributed by atoms with Gasteiger partial charge in [-0.2, -0.15) is 0 Å². The molecule has 1 saturated heterocycles. The second-order valence-electron chi connectivity index (χ2n) is 5.45. The van der Waals surface area contributed by atoms with Crippen LogP contribution >= 0.6 is 47.8 Å². The van der Waals surface area contributed by atoms with Crippen LogP contribution in [0.15, 0.2) is 29.6 Å². The van der Waals surface area contributed by atoms with E-state index in [9.17, 15) is 4.79 Å². The number of hydrogen-bond donors (Lipinski definition) is 1. The molecule has 2 aromatic rings. The maximum Gasteiger partial charge on any atom is 0.228 e. The number of hydrogen-bond acceptors (Lipinski definition) is 4. The lowest BCUT2D eigenvalue weighted by molar-refractivity contribution is -0.130.